The maximum Gasteiger partial charge on any atom is 0.0382 e. The average molecular weight is 190 g/mol. The third kappa shape index (κ3) is 3.23. The lowest BCUT2D eigenvalue weighted by atomic mass is 10.1. The van der Waals surface area contributed by atoms with Gasteiger partial charge >= 0.3 is 0 Å². The van der Waals surface area contributed by atoms with Gasteiger partial charge in [-0.15, -0.1) is 0 Å². The molecular formula is C12H18N2. The van der Waals surface area contributed by atoms with Gasteiger partial charge < -0.3 is 11.1 Å². The first-order chi connectivity index (χ1) is 6.76. The van der Waals surface area contributed by atoms with E-state index in [2.05, 4.69) is 43.1 Å². The molecule has 2 nitrogen and oxygen atoms in total. The Morgan fingerprint density at radius 1 is 1.36 bits per heavy atom. The van der Waals surface area contributed by atoms with Crippen molar-refractivity contribution >= 4 is 5.69 Å². The van der Waals surface area contributed by atoms with Crippen molar-refractivity contribution in [3.63, 3.8) is 0 Å². The molecule has 14 heavy (non-hydrogen) atoms. The summed E-state index contributed by atoms with van der Waals surface area (Å²) in [5.74, 6) is 0. The maximum atomic E-state index is 5.44. The molecule has 1 aromatic rings. The van der Waals surface area contributed by atoms with Crippen LogP contribution in [-0.4, -0.2) is 6.54 Å². The highest BCUT2D eigenvalue weighted by Gasteiger charge is 1.94. The highest BCUT2D eigenvalue weighted by atomic mass is 14.9. The van der Waals surface area contributed by atoms with Gasteiger partial charge in [0.25, 0.3) is 0 Å². The van der Waals surface area contributed by atoms with E-state index in [1.807, 2.05) is 0 Å². The first kappa shape index (κ1) is 10.8. The summed E-state index contributed by atoms with van der Waals surface area (Å²) in [6, 6.07) is 8.39. The summed E-state index contributed by atoms with van der Waals surface area (Å²) in [7, 11) is 0. The van der Waals surface area contributed by atoms with Crippen LogP contribution in [0.5, 0.6) is 0 Å². The maximum absolute atomic E-state index is 5.44. The number of nitrogens with two attached hydrogens (primary N) is 1. The van der Waals surface area contributed by atoms with Crippen LogP contribution in [0.4, 0.5) is 5.69 Å². The van der Waals surface area contributed by atoms with Crippen LogP contribution in [0.3, 0.4) is 0 Å². The second kappa shape index (κ2) is 5.45. The van der Waals surface area contributed by atoms with E-state index >= 15 is 0 Å². The predicted octanol–water partition coefficient (Wildman–Crippen LogP) is 2.52. The fourth-order valence-corrected chi connectivity index (χ4v) is 1.30. The van der Waals surface area contributed by atoms with Crippen LogP contribution in [-0.2, 0) is 6.42 Å². The third-order valence-electron chi connectivity index (χ3n) is 2.06. The summed E-state index contributed by atoms with van der Waals surface area (Å²) in [5, 5.41) is 3.14. The van der Waals surface area contributed by atoms with Gasteiger partial charge in [0.05, 0.1) is 0 Å². The average Bonchev–Trinajstić information content (AvgIpc) is 2.21. The predicted molar refractivity (Wildman–Crippen MR) is 62.3 cm³/mol. The summed E-state index contributed by atoms with van der Waals surface area (Å²) in [4.78, 5) is 0. The van der Waals surface area contributed by atoms with Crippen molar-refractivity contribution < 1.29 is 0 Å². The number of rotatable bonds is 5. The molecule has 0 fully saturated rings. The SMILES string of the molecule is C=C(CN)Nc1ccc(CCC)cc1. The molecule has 0 aliphatic heterocycles. The van der Waals surface area contributed by atoms with E-state index in [0.29, 0.717) is 6.54 Å². The lowest BCUT2D eigenvalue weighted by molar-refractivity contribution is 0.922. The third-order valence-corrected chi connectivity index (χ3v) is 2.06. The normalized spacial score (nSPS) is 9.86. The van der Waals surface area contributed by atoms with Crippen LogP contribution in [0, 0.1) is 0 Å². The summed E-state index contributed by atoms with van der Waals surface area (Å²) in [6.45, 7) is 6.44. The van der Waals surface area contributed by atoms with Crippen molar-refractivity contribution in [3.8, 4) is 0 Å². The zero-order valence-electron chi connectivity index (χ0n) is 8.72. The van der Waals surface area contributed by atoms with E-state index in [1.54, 1.807) is 0 Å². The van der Waals surface area contributed by atoms with Crippen molar-refractivity contribution in [3.05, 3.63) is 42.1 Å². The second-order valence-electron chi connectivity index (χ2n) is 3.38. The van der Waals surface area contributed by atoms with E-state index < -0.39 is 0 Å². The molecule has 1 rings (SSSR count). The van der Waals surface area contributed by atoms with Gasteiger partial charge in [0.1, 0.15) is 0 Å². The second-order valence-corrected chi connectivity index (χ2v) is 3.38. The van der Waals surface area contributed by atoms with Crippen molar-refractivity contribution in [1.29, 1.82) is 0 Å². The number of hydrogen-bond acceptors (Lipinski definition) is 2. The van der Waals surface area contributed by atoms with Gasteiger partial charge in [-0.2, -0.15) is 0 Å². The molecule has 0 radical (unpaired) electrons. The Kier molecular flexibility index (Phi) is 4.20. The van der Waals surface area contributed by atoms with Crippen LogP contribution in [0.15, 0.2) is 36.5 Å². The minimum atomic E-state index is 0.469. The van der Waals surface area contributed by atoms with Gasteiger partial charge in [0.2, 0.25) is 0 Å². The van der Waals surface area contributed by atoms with Crippen LogP contribution in [0.2, 0.25) is 0 Å². The zero-order chi connectivity index (χ0) is 10.4. The number of aryl methyl sites for hydroxylation is 1. The monoisotopic (exact) mass is 190 g/mol. The van der Waals surface area contributed by atoms with Gasteiger partial charge in [-0.1, -0.05) is 32.1 Å². The van der Waals surface area contributed by atoms with E-state index in [-0.39, 0.29) is 0 Å². The van der Waals surface area contributed by atoms with Crippen LogP contribution < -0.4 is 11.1 Å². The van der Waals surface area contributed by atoms with Crippen LogP contribution in [0.25, 0.3) is 0 Å². The molecule has 0 spiro atoms. The molecule has 0 aliphatic carbocycles. The van der Waals surface area contributed by atoms with E-state index in [9.17, 15) is 0 Å². The minimum Gasteiger partial charge on any atom is -0.358 e. The number of anilines is 1. The van der Waals surface area contributed by atoms with E-state index in [0.717, 1.165) is 17.8 Å². The fourth-order valence-electron chi connectivity index (χ4n) is 1.30. The first-order valence-corrected chi connectivity index (χ1v) is 5.00. The van der Waals surface area contributed by atoms with Gasteiger partial charge in [-0.05, 0) is 24.1 Å². The Bertz CT molecular complexity index is 288. The Labute approximate surface area is 85.8 Å². The summed E-state index contributed by atoms with van der Waals surface area (Å²) >= 11 is 0. The van der Waals surface area contributed by atoms with Gasteiger partial charge in [0.15, 0.2) is 0 Å². The van der Waals surface area contributed by atoms with Crippen molar-refractivity contribution in [2.45, 2.75) is 19.8 Å². The highest BCUT2D eigenvalue weighted by Crippen LogP contribution is 2.12. The number of benzene rings is 1. The molecule has 0 bridgehead atoms. The summed E-state index contributed by atoms with van der Waals surface area (Å²) in [6.07, 6.45) is 2.32. The van der Waals surface area contributed by atoms with Gasteiger partial charge in [-0.25, -0.2) is 0 Å². The molecule has 0 atom stereocenters. The van der Waals surface area contributed by atoms with Crippen molar-refractivity contribution in [2.24, 2.45) is 5.73 Å². The molecule has 1 aromatic carbocycles. The Morgan fingerprint density at radius 2 is 2.00 bits per heavy atom. The molecule has 0 heterocycles. The molecule has 2 heteroatoms. The van der Waals surface area contributed by atoms with Crippen molar-refractivity contribution in [1.82, 2.24) is 0 Å². The van der Waals surface area contributed by atoms with Crippen LogP contribution >= 0.6 is 0 Å². The lowest BCUT2D eigenvalue weighted by Crippen LogP contribution is -2.09. The molecule has 0 saturated carbocycles. The minimum absolute atomic E-state index is 0.469. The molecular weight excluding hydrogens is 172 g/mol. The molecule has 3 N–H and O–H groups in total. The molecule has 0 amide bonds. The topological polar surface area (TPSA) is 38.0 Å². The number of nitrogens with one attached hydrogen (secondary N) is 1. The fraction of sp³-hybridized carbons (Fsp3) is 0.333. The summed E-state index contributed by atoms with van der Waals surface area (Å²) in [5.41, 5.74) is 8.70. The first-order valence-electron chi connectivity index (χ1n) is 5.00. The van der Waals surface area contributed by atoms with E-state index in [4.69, 9.17) is 5.73 Å². The molecule has 76 valence electrons. The lowest BCUT2D eigenvalue weighted by Gasteiger charge is -2.07. The molecule has 0 aromatic heterocycles. The zero-order valence-corrected chi connectivity index (χ0v) is 8.72. The Hall–Kier alpha value is -1.28. The molecule has 0 unspecified atom stereocenters. The van der Waals surface area contributed by atoms with E-state index in [1.165, 1.54) is 12.0 Å². The van der Waals surface area contributed by atoms with Gasteiger partial charge in [-0.3, -0.25) is 0 Å². The van der Waals surface area contributed by atoms with Gasteiger partial charge in [0, 0.05) is 17.9 Å². The standard InChI is InChI=1S/C12H18N2/c1-3-4-11-5-7-12(8-6-11)14-10(2)9-13/h5-8,14H,2-4,9,13H2,1H3. The van der Waals surface area contributed by atoms with Crippen molar-refractivity contribution in [2.75, 3.05) is 11.9 Å². The Morgan fingerprint density at radius 3 is 2.50 bits per heavy atom. The smallest absolute Gasteiger partial charge is 0.0382 e. The van der Waals surface area contributed by atoms with Crippen LogP contribution in [0.1, 0.15) is 18.9 Å². The highest BCUT2D eigenvalue weighted by molar-refractivity contribution is 5.48. The quantitative estimate of drug-likeness (QED) is 0.748. The molecule has 0 saturated heterocycles. The molecule has 0 aliphatic rings. The summed E-state index contributed by atoms with van der Waals surface area (Å²) < 4.78 is 0. The number of hydrogen-bond donors (Lipinski definition) is 2. The Balaban J connectivity index is 2.59. The largest absolute Gasteiger partial charge is 0.358 e.